The molecule has 3 nitrogen and oxygen atoms in total. The monoisotopic (exact) mass is 194 g/mol. The summed E-state index contributed by atoms with van der Waals surface area (Å²) in [5, 5.41) is 2.71. The number of fused-ring (bicyclic) bond motifs is 1. The first-order chi connectivity index (χ1) is 6.52. The van der Waals surface area contributed by atoms with Gasteiger partial charge >= 0.3 is 0 Å². The van der Waals surface area contributed by atoms with Crippen molar-refractivity contribution in [2.45, 2.75) is 19.9 Å². The molecule has 1 heterocycles. The molecule has 14 heavy (non-hydrogen) atoms. The lowest BCUT2D eigenvalue weighted by Gasteiger charge is -2.09. The summed E-state index contributed by atoms with van der Waals surface area (Å²) in [6, 6.07) is 1.28. The smallest absolute Gasteiger partial charge is 0.254 e. The van der Waals surface area contributed by atoms with Gasteiger partial charge in [0.15, 0.2) is 0 Å². The van der Waals surface area contributed by atoms with Crippen LogP contribution < -0.4 is 11.1 Å². The second kappa shape index (κ2) is 2.70. The maximum absolute atomic E-state index is 13.2. The topological polar surface area (TPSA) is 55.1 Å². The van der Waals surface area contributed by atoms with Crippen LogP contribution in [0.1, 0.15) is 34.5 Å². The minimum atomic E-state index is -0.523. The number of nitrogens with one attached hydrogen (secondary N) is 1. The van der Waals surface area contributed by atoms with Crippen molar-refractivity contribution in [3.63, 3.8) is 0 Å². The molecule has 0 fully saturated rings. The van der Waals surface area contributed by atoms with Crippen LogP contribution >= 0.6 is 0 Å². The van der Waals surface area contributed by atoms with E-state index in [0.717, 1.165) is 11.1 Å². The maximum atomic E-state index is 13.2. The van der Waals surface area contributed by atoms with Gasteiger partial charge in [-0.05, 0) is 31.0 Å². The minimum absolute atomic E-state index is 0.0487. The third kappa shape index (κ3) is 0.999. The zero-order chi connectivity index (χ0) is 10.5. The van der Waals surface area contributed by atoms with Crippen LogP contribution in [0, 0.1) is 12.7 Å². The van der Waals surface area contributed by atoms with E-state index in [0.29, 0.717) is 5.56 Å². The summed E-state index contributed by atoms with van der Waals surface area (Å²) in [6.45, 7) is 3.63. The predicted octanol–water partition coefficient (Wildman–Crippen LogP) is 1.52. The molecule has 0 saturated heterocycles. The molecule has 0 bridgehead atoms. The molecule has 0 radical (unpaired) electrons. The van der Waals surface area contributed by atoms with Gasteiger partial charge in [0.25, 0.3) is 5.91 Å². The second-order valence-corrected chi connectivity index (χ2v) is 3.57. The number of aryl methyl sites for hydroxylation is 1. The summed E-state index contributed by atoms with van der Waals surface area (Å²) in [4.78, 5) is 11.4. The number of carbonyl (C=O) groups is 1. The number of amides is 1. The molecular weight excluding hydrogens is 183 g/mol. The number of nitrogen functional groups attached to an aromatic ring is 1. The van der Waals surface area contributed by atoms with Crippen molar-refractivity contribution in [3.05, 3.63) is 28.6 Å². The van der Waals surface area contributed by atoms with Crippen molar-refractivity contribution < 1.29 is 9.18 Å². The zero-order valence-electron chi connectivity index (χ0n) is 8.02. The Bertz CT molecular complexity index is 429. The van der Waals surface area contributed by atoms with Crippen LogP contribution in [0.3, 0.4) is 0 Å². The van der Waals surface area contributed by atoms with E-state index in [-0.39, 0.29) is 17.6 Å². The van der Waals surface area contributed by atoms with Crippen LogP contribution in [0.4, 0.5) is 10.1 Å². The van der Waals surface area contributed by atoms with E-state index in [1.807, 2.05) is 6.92 Å². The first kappa shape index (κ1) is 8.99. The molecule has 0 saturated carbocycles. The Balaban J connectivity index is 2.79. The largest absolute Gasteiger partial charge is 0.396 e. The van der Waals surface area contributed by atoms with Gasteiger partial charge in [-0.25, -0.2) is 4.39 Å². The summed E-state index contributed by atoms with van der Waals surface area (Å²) < 4.78 is 13.2. The average Bonchev–Trinajstić information content (AvgIpc) is 2.38. The Labute approximate surface area is 81.1 Å². The number of hydrogen-bond donors (Lipinski definition) is 2. The van der Waals surface area contributed by atoms with Gasteiger partial charge in [0.2, 0.25) is 0 Å². The van der Waals surface area contributed by atoms with Crippen molar-refractivity contribution in [2.24, 2.45) is 0 Å². The Morgan fingerprint density at radius 1 is 1.57 bits per heavy atom. The van der Waals surface area contributed by atoms with Crippen LogP contribution in [-0.2, 0) is 0 Å². The molecule has 3 N–H and O–H groups in total. The Hall–Kier alpha value is -1.58. The molecule has 0 aromatic heterocycles. The van der Waals surface area contributed by atoms with Crippen molar-refractivity contribution in [2.75, 3.05) is 5.73 Å². The van der Waals surface area contributed by atoms with Crippen LogP contribution in [0.15, 0.2) is 6.07 Å². The summed E-state index contributed by atoms with van der Waals surface area (Å²) >= 11 is 0. The Morgan fingerprint density at radius 2 is 2.21 bits per heavy atom. The standard InChI is InChI=1S/C10H11FN2O/c1-4-3-6(11)9(12)8-7(4)5(2)13-10(8)14/h3,5H,12H2,1-2H3,(H,13,14)/t5-/m1/s1. The van der Waals surface area contributed by atoms with Gasteiger partial charge < -0.3 is 11.1 Å². The maximum Gasteiger partial charge on any atom is 0.254 e. The number of rotatable bonds is 0. The molecule has 0 spiro atoms. The average molecular weight is 194 g/mol. The zero-order valence-corrected chi connectivity index (χ0v) is 8.02. The summed E-state index contributed by atoms with van der Waals surface area (Å²) in [5.41, 5.74) is 7.35. The number of halogens is 1. The van der Waals surface area contributed by atoms with E-state index >= 15 is 0 Å². The molecule has 1 aromatic rings. The molecule has 1 amide bonds. The van der Waals surface area contributed by atoms with Gasteiger partial charge in [-0.1, -0.05) is 0 Å². The minimum Gasteiger partial charge on any atom is -0.396 e. The van der Waals surface area contributed by atoms with Gasteiger partial charge in [0.1, 0.15) is 5.82 Å². The van der Waals surface area contributed by atoms with Gasteiger partial charge in [0, 0.05) is 0 Å². The fourth-order valence-corrected chi connectivity index (χ4v) is 1.95. The highest BCUT2D eigenvalue weighted by molar-refractivity contribution is 6.04. The molecule has 1 atom stereocenters. The molecule has 0 aliphatic carbocycles. The highest BCUT2D eigenvalue weighted by Crippen LogP contribution is 2.33. The van der Waals surface area contributed by atoms with Crippen LogP contribution in [-0.4, -0.2) is 5.91 Å². The molecule has 0 unspecified atom stereocenters. The van der Waals surface area contributed by atoms with Crippen molar-refractivity contribution in [1.29, 1.82) is 0 Å². The number of carbonyl (C=O) groups excluding carboxylic acids is 1. The fraction of sp³-hybridized carbons (Fsp3) is 0.300. The quantitative estimate of drug-likeness (QED) is 0.615. The lowest BCUT2D eigenvalue weighted by atomic mass is 9.98. The molecule has 74 valence electrons. The molecule has 1 aliphatic rings. The predicted molar refractivity (Wildman–Crippen MR) is 51.4 cm³/mol. The summed E-state index contributed by atoms with van der Waals surface area (Å²) in [5.74, 6) is -0.807. The van der Waals surface area contributed by atoms with Crippen LogP contribution in [0.5, 0.6) is 0 Å². The van der Waals surface area contributed by atoms with E-state index in [4.69, 9.17) is 5.73 Å². The number of anilines is 1. The van der Waals surface area contributed by atoms with E-state index in [1.54, 1.807) is 6.92 Å². The van der Waals surface area contributed by atoms with E-state index < -0.39 is 5.82 Å². The third-order valence-electron chi connectivity index (χ3n) is 2.57. The number of nitrogens with two attached hydrogens (primary N) is 1. The van der Waals surface area contributed by atoms with Crippen molar-refractivity contribution in [3.8, 4) is 0 Å². The molecule has 1 aliphatic heterocycles. The van der Waals surface area contributed by atoms with Crippen molar-refractivity contribution in [1.82, 2.24) is 5.32 Å². The normalized spacial score (nSPS) is 19.4. The summed E-state index contributed by atoms with van der Waals surface area (Å²) in [6.07, 6.45) is 0. The molecule has 4 heteroatoms. The highest BCUT2D eigenvalue weighted by Gasteiger charge is 2.30. The number of hydrogen-bond acceptors (Lipinski definition) is 2. The first-order valence-corrected chi connectivity index (χ1v) is 4.41. The summed E-state index contributed by atoms with van der Waals surface area (Å²) in [7, 11) is 0. The van der Waals surface area contributed by atoms with Gasteiger partial charge in [-0.2, -0.15) is 0 Å². The van der Waals surface area contributed by atoms with E-state index in [9.17, 15) is 9.18 Å². The Morgan fingerprint density at radius 3 is 2.86 bits per heavy atom. The van der Waals surface area contributed by atoms with Crippen LogP contribution in [0.2, 0.25) is 0 Å². The number of benzene rings is 1. The van der Waals surface area contributed by atoms with E-state index in [1.165, 1.54) is 6.07 Å². The van der Waals surface area contributed by atoms with Gasteiger partial charge in [-0.3, -0.25) is 4.79 Å². The SMILES string of the molecule is Cc1cc(F)c(N)c2c1[C@@H](C)NC2=O. The molecule has 1 aromatic carbocycles. The third-order valence-corrected chi connectivity index (χ3v) is 2.57. The lowest BCUT2D eigenvalue weighted by Crippen LogP contribution is -2.17. The van der Waals surface area contributed by atoms with E-state index in [2.05, 4.69) is 5.32 Å². The van der Waals surface area contributed by atoms with Crippen molar-refractivity contribution >= 4 is 11.6 Å². The van der Waals surface area contributed by atoms with Gasteiger partial charge in [-0.15, -0.1) is 0 Å². The first-order valence-electron chi connectivity index (χ1n) is 4.41. The fourth-order valence-electron chi connectivity index (χ4n) is 1.95. The molecular formula is C10H11FN2O. The van der Waals surface area contributed by atoms with Crippen LogP contribution in [0.25, 0.3) is 0 Å². The lowest BCUT2D eigenvalue weighted by molar-refractivity contribution is 0.0959. The highest BCUT2D eigenvalue weighted by atomic mass is 19.1. The molecule has 2 rings (SSSR count). The second-order valence-electron chi connectivity index (χ2n) is 3.57. The van der Waals surface area contributed by atoms with Gasteiger partial charge in [0.05, 0.1) is 17.3 Å². The Kier molecular flexibility index (Phi) is 1.74.